The van der Waals surface area contributed by atoms with E-state index in [1.54, 1.807) is 24.3 Å². The fraction of sp³-hybridized carbons (Fsp3) is 0.231. The molecule has 0 bridgehead atoms. The highest BCUT2D eigenvalue weighted by molar-refractivity contribution is 6.34. The van der Waals surface area contributed by atoms with E-state index in [1.807, 2.05) is 18.2 Å². The maximum Gasteiger partial charge on any atom is 0.111 e. The zero-order valence-electron chi connectivity index (χ0n) is 9.41. The van der Waals surface area contributed by atoms with Crippen LogP contribution in [0.2, 0.25) is 5.02 Å². The Bertz CT molecular complexity index is 501. The molecule has 2 N–H and O–H groups in total. The fourth-order valence-corrected chi connectivity index (χ4v) is 2.48. The van der Waals surface area contributed by atoms with Crippen molar-refractivity contribution in [1.29, 1.82) is 0 Å². The Hall–Kier alpha value is -0.670. The predicted molar refractivity (Wildman–Crippen MR) is 77.6 cm³/mol. The number of rotatable bonds is 3. The number of hydrogen-bond acceptors (Lipinski definition) is 2. The molecule has 0 radical (unpaired) electrons. The number of benzene rings is 1. The molecule has 0 fully saturated rings. The molecule has 0 saturated heterocycles. The summed E-state index contributed by atoms with van der Waals surface area (Å²) in [7, 11) is 0. The van der Waals surface area contributed by atoms with Gasteiger partial charge < -0.3 is 10.4 Å². The molecule has 96 valence electrons. The van der Waals surface area contributed by atoms with Gasteiger partial charge in [0.2, 0.25) is 0 Å². The molecule has 2 atom stereocenters. The van der Waals surface area contributed by atoms with Crippen molar-refractivity contribution in [2.45, 2.75) is 11.0 Å². The summed E-state index contributed by atoms with van der Waals surface area (Å²) in [5.74, 6) is 0. The normalized spacial score (nSPS) is 26.9. The van der Waals surface area contributed by atoms with E-state index in [0.717, 1.165) is 5.69 Å². The Kier molecular flexibility index (Phi) is 4.23. The first-order valence-electron chi connectivity index (χ1n) is 5.43. The number of aliphatic hydroxyl groups excluding tert-OH is 1. The zero-order valence-corrected chi connectivity index (χ0v) is 11.7. The van der Waals surface area contributed by atoms with Gasteiger partial charge in [0.1, 0.15) is 4.87 Å². The summed E-state index contributed by atoms with van der Waals surface area (Å²) in [5.41, 5.74) is 0.769. The third kappa shape index (κ3) is 3.01. The van der Waals surface area contributed by atoms with Crippen molar-refractivity contribution in [3.63, 3.8) is 0 Å². The summed E-state index contributed by atoms with van der Waals surface area (Å²) >= 11 is 18.3. The highest BCUT2D eigenvalue weighted by atomic mass is 35.5. The standard InChI is InChI=1S/C13H12Cl3NO/c14-9-5-6-12(18)13(16,7-9)8-17-11-4-2-1-3-10(11)15/h1-7,12,17-18H,8H2. The Morgan fingerprint density at radius 2 is 2.00 bits per heavy atom. The number of aliphatic hydroxyl groups is 1. The molecule has 18 heavy (non-hydrogen) atoms. The molecule has 0 saturated carbocycles. The van der Waals surface area contributed by atoms with E-state index < -0.39 is 11.0 Å². The Morgan fingerprint density at radius 1 is 1.28 bits per heavy atom. The van der Waals surface area contributed by atoms with Crippen molar-refractivity contribution in [2.24, 2.45) is 0 Å². The van der Waals surface area contributed by atoms with E-state index in [4.69, 9.17) is 34.8 Å². The lowest BCUT2D eigenvalue weighted by atomic mass is 9.96. The van der Waals surface area contributed by atoms with E-state index in [1.165, 1.54) is 0 Å². The Labute approximate surface area is 121 Å². The number of halogens is 3. The Morgan fingerprint density at radius 3 is 2.72 bits per heavy atom. The van der Waals surface area contributed by atoms with Crippen LogP contribution in [0.15, 0.2) is 47.5 Å². The van der Waals surface area contributed by atoms with E-state index in [2.05, 4.69) is 5.32 Å². The maximum absolute atomic E-state index is 9.90. The molecule has 1 aliphatic rings. The molecular formula is C13H12Cl3NO. The Balaban J connectivity index is 2.10. The second kappa shape index (κ2) is 5.54. The van der Waals surface area contributed by atoms with Gasteiger partial charge in [-0.3, -0.25) is 0 Å². The molecule has 5 heteroatoms. The van der Waals surface area contributed by atoms with Gasteiger partial charge in [0.15, 0.2) is 0 Å². The minimum atomic E-state index is -0.967. The molecule has 1 aromatic rings. The van der Waals surface area contributed by atoms with Crippen LogP contribution in [0.5, 0.6) is 0 Å². The van der Waals surface area contributed by atoms with Crippen molar-refractivity contribution in [3.05, 3.63) is 52.5 Å². The van der Waals surface area contributed by atoms with E-state index in [9.17, 15) is 5.11 Å². The second-order valence-corrected chi connectivity index (χ2v) is 5.64. The van der Waals surface area contributed by atoms with Crippen molar-refractivity contribution in [3.8, 4) is 0 Å². The van der Waals surface area contributed by atoms with Crippen molar-refractivity contribution < 1.29 is 5.11 Å². The summed E-state index contributed by atoms with van der Waals surface area (Å²) in [5, 5.41) is 14.1. The average molecular weight is 305 g/mol. The lowest BCUT2D eigenvalue weighted by Gasteiger charge is -2.30. The van der Waals surface area contributed by atoms with Crippen LogP contribution in [-0.4, -0.2) is 22.6 Å². The van der Waals surface area contributed by atoms with Crippen LogP contribution in [0.25, 0.3) is 0 Å². The smallest absolute Gasteiger partial charge is 0.111 e. The topological polar surface area (TPSA) is 32.3 Å². The minimum absolute atomic E-state index is 0.319. The van der Waals surface area contributed by atoms with Gasteiger partial charge in [-0.05, 0) is 24.3 Å². The van der Waals surface area contributed by atoms with Gasteiger partial charge in [0, 0.05) is 11.6 Å². The highest BCUT2D eigenvalue weighted by Gasteiger charge is 2.34. The van der Waals surface area contributed by atoms with Gasteiger partial charge in [0.25, 0.3) is 0 Å². The van der Waals surface area contributed by atoms with Crippen LogP contribution < -0.4 is 5.32 Å². The van der Waals surface area contributed by atoms with Crippen LogP contribution in [0.3, 0.4) is 0 Å². The van der Waals surface area contributed by atoms with E-state index >= 15 is 0 Å². The molecule has 2 rings (SSSR count). The zero-order chi connectivity index (χ0) is 13.2. The lowest BCUT2D eigenvalue weighted by Crippen LogP contribution is -2.41. The van der Waals surface area contributed by atoms with Crippen LogP contribution in [-0.2, 0) is 0 Å². The fourth-order valence-electron chi connectivity index (χ4n) is 1.70. The monoisotopic (exact) mass is 303 g/mol. The third-order valence-corrected chi connectivity index (χ3v) is 3.76. The van der Waals surface area contributed by atoms with Crippen LogP contribution in [0.1, 0.15) is 0 Å². The number of para-hydroxylation sites is 1. The van der Waals surface area contributed by atoms with E-state index in [-0.39, 0.29) is 0 Å². The van der Waals surface area contributed by atoms with Gasteiger partial charge >= 0.3 is 0 Å². The van der Waals surface area contributed by atoms with Gasteiger partial charge in [-0.15, -0.1) is 11.6 Å². The first kappa shape index (κ1) is 13.8. The van der Waals surface area contributed by atoms with Gasteiger partial charge in [-0.1, -0.05) is 41.4 Å². The van der Waals surface area contributed by atoms with Crippen LogP contribution in [0, 0.1) is 0 Å². The molecular weight excluding hydrogens is 293 g/mol. The van der Waals surface area contributed by atoms with Gasteiger partial charge in [0.05, 0.1) is 16.8 Å². The van der Waals surface area contributed by atoms with Gasteiger partial charge in [-0.2, -0.15) is 0 Å². The summed E-state index contributed by atoms with van der Waals surface area (Å²) in [6.07, 6.45) is 4.04. The third-order valence-electron chi connectivity index (χ3n) is 2.73. The average Bonchev–Trinajstić information content (AvgIpc) is 2.33. The van der Waals surface area contributed by atoms with Crippen molar-refractivity contribution in [1.82, 2.24) is 0 Å². The maximum atomic E-state index is 9.90. The molecule has 0 aliphatic heterocycles. The van der Waals surface area contributed by atoms with Crippen molar-refractivity contribution in [2.75, 3.05) is 11.9 Å². The molecule has 0 aromatic heterocycles. The first-order chi connectivity index (χ1) is 8.51. The summed E-state index contributed by atoms with van der Waals surface area (Å²) in [6, 6.07) is 7.35. The molecule has 2 nitrogen and oxygen atoms in total. The lowest BCUT2D eigenvalue weighted by molar-refractivity contribution is 0.193. The first-order valence-corrected chi connectivity index (χ1v) is 6.56. The quantitative estimate of drug-likeness (QED) is 0.833. The number of hydrogen-bond donors (Lipinski definition) is 2. The molecule has 0 heterocycles. The molecule has 1 aromatic carbocycles. The summed E-state index contributed by atoms with van der Waals surface area (Å²) in [6.45, 7) is 0.319. The van der Waals surface area contributed by atoms with Crippen molar-refractivity contribution >= 4 is 40.5 Å². The molecule has 0 spiro atoms. The summed E-state index contributed by atoms with van der Waals surface area (Å²) in [4.78, 5) is -0.967. The second-order valence-electron chi connectivity index (χ2n) is 4.09. The number of alkyl halides is 1. The number of allylic oxidation sites excluding steroid dienone is 2. The minimum Gasteiger partial charge on any atom is -0.387 e. The number of anilines is 1. The summed E-state index contributed by atoms with van der Waals surface area (Å²) < 4.78 is 0. The number of nitrogens with one attached hydrogen (secondary N) is 1. The predicted octanol–water partition coefficient (Wildman–Crippen LogP) is 3.78. The van der Waals surface area contributed by atoms with Gasteiger partial charge in [-0.25, -0.2) is 0 Å². The van der Waals surface area contributed by atoms with Crippen LogP contribution in [0.4, 0.5) is 5.69 Å². The molecule has 1 aliphatic carbocycles. The largest absolute Gasteiger partial charge is 0.387 e. The molecule has 2 unspecified atom stereocenters. The van der Waals surface area contributed by atoms with E-state index in [0.29, 0.717) is 16.6 Å². The van der Waals surface area contributed by atoms with Crippen LogP contribution >= 0.6 is 34.8 Å². The molecule has 0 amide bonds. The SMILES string of the molecule is OC1C=CC(Cl)=CC1(Cl)CNc1ccccc1Cl. The highest BCUT2D eigenvalue weighted by Crippen LogP contribution is 2.31.